The standard InChI is InChI=1S/C12H21N3O2/c1-3-4-14-10-5-11(7-13-6-10)15-12(2,8-16)9-17/h5-7,14-17H,3-4,8-9H2,1-2H3. The predicted octanol–water partition coefficient (Wildman–Crippen LogP) is 1.06. The average molecular weight is 239 g/mol. The lowest BCUT2D eigenvalue weighted by atomic mass is 10.1. The van der Waals surface area contributed by atoms with Gasteiger partial charge in [0.25, 0.3) is 0 Å². The molecule has 0 saturated carbocycles. The topological polar surface area (TPSA) is 77.4 Å². The Morgan fingerprint density at radius 1 is 1.24 bits per heavy atom. The van der Waals surface area contributed by atoms with Crippen LogP contribution in [0.4, 0.5) is 11.4 Å². The van der Waals surface area contributed by atoms with Crippen molar-refractivity contribution in [1.82, 2.24) is 4.98 Å². The molecule has 0 aliphatic heterocycles. The summed E-state index contributed by atoms with van der Waals surface area (Å²) in [6.45, 7) is 4.45. The zero-order chi connectivity index (χ0) is 12.7. The van der Waals surface area contributed by atoms with Gasteiger partial charge in [0.1, 0.15) is 0 Å². The van der Waals surface area contributed by atoms with E-state index in [4.69, 9.17) is 0 Å². The Morgan fingerprint density at radius 3 is 2.47 bits per heavy atom. The summed E-state index contributed by atoms with van der Waals surface area (Å²) < 4.78 is 0. The van der Waals surface area contributed by atoms with Crippen molar-refractivity contribution in [3.05, 3.63) is 18.5 Å². The second-order valence-electron chi connectivity index (χ2n) is 4.39. The van der Waals surface area contributed by atoms with Gasteiger partial charge in [0.2, 0.25) is 0 Å². The molecule has 0 bridgehead atoms. The SMILES string of the molecule is CCCNc1cncc(NC(C)(CO)CO)c1. The smallest absolute Gasteiger partial charge is 0.0806 e. The number of aliphatic hydroxyl groups excluding tert-OH is 2. The van der Waals surface area contributed by atoms with Crippen LogP contribution in [0.2, 0.25) is 0 Å². The minimum Gasteiger partial charge on any atom is -0.394 e. The molecule has 0 aliphatic rings. The maximum atomic E-state index is 9.20. The summed E-state index contributed by atoms with van der Waals surface area (Å²) in [5.41, 5.74) is 0.970. The molecule has 0 fully saturated rings. The van der Waals surface area contributed by atoms with Crippen molar-refractivity contribution in [2.24, 2.45) is 0 Å². The highest BCUT2D eigenvalue weighted by Gasteiger charge is 2.21. The molecule has 0 unspecified atom stereocenters. The van der Waals surface area contributed by atoms with Crippen molar-refractivity contribution in [3.63, 3.8) is 0 Å². The number of aromatic nitrogens is 1. The van der Waals surface area contributed by atoms with Crippen LogP contribution >= 0.6 is 0 Å². The fourth-order valence-corrected chi connectivity index (χ4v) is 1.35. The van der Waals surface area contributed by atoms with Gasteiger partial charge in [-0.1, -0.05) is 6.92 Å². The molecule has 0 amide bonds. The van der Waals surface area contributed by atoms with Gasteiger partial charge < -0.3 is 20.8 Å². The van der Waals surface area contributed by atoms with E-state index in [1.165, 1.54) is 0 Å². The maximum absolute atomic E-state index is 9.20. The Bertz CT molecular complexity index is 340. The Kier molecular flexibility index (Phi) is 5.18. The number of aliphatic hydroxyl groups is 2. The molecule has 17 heavy (non-hydrogen) atoms. The Balaban J connectivity index is 2.71. The van der Waals surface area contributed by atoms with Crippen molar-refractivity contribution in [2.75, 3.05) is 30.4 Å². The molecule has 1 aromatic rings. The first-order chi connectivity index (χ1) is 8.13. The van der Waals surface area contributed by atoms with Gasteiger partial charge in [0.15, 0.2) is 0 Å². The average Bonchev–Trinajstić information content (AvgIpc) is 2.36. The highest BCUT2D eigenvalue weighted by atomic mass is 16.3. The molecule has 4 N–H and O–H groups in total. The summed E-state index contributed by atoms with van der Waals surface area (Å²) >= 11 is 0. The van der Waals surface area contributed by atoms with Crippen LogP contribution in [0.5, 0.6) is 0 Å². The largest absolute Gasteiger partial charge is 0.394 e. The van der Waals surface area contributed by atoms with Crippen molar-refractivity contribution < 1.29 is 10.2 Å². The molecule has 0 aromatic carbocycles. The van der Waals surface area contributed by atoms with Crippen LogP contribution < -0.4 is 10.6 Å². The number of pyridine rings is 1. The first kappa shape index (κ1) is 13.7. The van der Waals surface area contributed by atoms with Crippen LogP contribution in [0.15, 0.2) is 18.5 Å². The highest BCUT2D eigenvalue weighted by molar-refractivity contribution is 5.55. The number of anilines is 2. The summed E-state index contributed by atoms with van der Waals surface area (Å²) in [7, 11) is 0. The van der Waals surface area contributed by atoms with Crippen LogP contribution in [0, 0.1) is 0 Å². The summed E-state index contributed by atoms with van der Waals surface area (Å²) in [5, 5.41) is 24.7. The molecule has 1 heterocycles. The molecular formula is C12H21N3O2. The van der Waals surface area contributed by atoms with E-state index in [9.17, 15) is 10.2 Å². The summed E-state index contributed by atoms with van der Waals surface area (Å²) in [5.74, 6) is 0. The highest BCUT2D eigenvalue weighted by Crippen LogP contribution is 2.17. The van der Waals surface area contributed by atoms with Gasteiger partial charge in [0.05, 0.1) is 42.5 Å². The molecule has 1 aromatic heterocycles. The molecule has 5 nitrogen and oxygen atoms in total. The Morgan fingerprint density at radius 2 is 1.88 bits per heavy atom. The van der Waals surface area contributed by atoms with E-state index in [1.807, 2.05) is 6.07 Å². The van der Waals surface area contributed by atoms with Crippen molar-refractivity contribution >= 4 is 11.4 Å². The van der Waals surface area contributed by atoms with Crippen LogP contribution in [0.1, 0.15) is 20.3 Å². The van der Waals surface area contributed by atoms with Crippen LogP contribution in [-0.4, -0.2) is 40.5 Å². The minimum atomic E-state index is -0.731. The van der Waals surface area contributed by atoms with E-state index < -0.39 is 5.54 Å². The number of nitrogens with zero attached hydrogens (tertiary/aromatic N) is 1. The van der Waals surface area contributed by atoms with Gasteiger partial charge in [-0.3, -0.25) is 4.98 Å². The van der Waals surface area contributed by atoms with Crippen LogP contribution in [-0.2, 0) is 0 Å². The maximum Gasteiger partial charge on any atom is 0.0806 e. The van der Waals surface area contributed by atoms with E-state index in [0.717, 1.165) is 24.3 Å². The normalized spacial score (nSPS) is 11.3. The molecule has 0 radical (unpaired) electrons. The van der Waals surface area contributed by atoms with Gasteiger partial charge in [0, 0.05) is 6.54 Å². The number of hydrogen-bond acceptors (Lipinski definition) is 5. The summed E-state index contributed by atoms with van der Waals surface area (Å²) in [6, 6.07) is 1.91. The fraction of sp³-hybridized carbons (Fsp3) is 0.583. The molecule has 1 rings (SSSR count). The van der Waals surface area contributed by atoms with Crippen LogP contribution in [0.3, 0.4) is 0 Å². The fourth-order valence-electron chi connectivity index (χ4n) is 1.35. The molecule has 5 heteroatoms. The Hall–Kier alpha value is -1.33. The van der Waals surface area contributed by atoms with Gasteiger partial charge in [-0.2, -0.15) is 0 Å². The first-order valence-corrected chi connectivity index (χ1v) is 5.82. The quantitative estimate of drug-likeness (QED) is 0.572. The van der Waals surface area contributed by atoms with Gasteiger partial charge >= 0.3 is 0 Å². The molecule has 96 valence electrons. The third kappa shape index (κ3) is 4.20. The second kappa shape index (κ2) is 6.42. The predicted molar refractivity (Wildman–Crippen MR) is 69.2 cm³/mol. The lowest BCUT2D eigenvalue weighted by Crippen LogP contribution is -2.42. The third-order valence-corrected chi connectivity index (χ3v) is 2.46. The monoisotopic (exact) mass is 239 g/mol. The lowest BCUT2D eigenvalue weighted by Gasteiger charge is -2.27. The lowest BCUT2D eigenvalue weighted by molar-refractivity contribution is 0.147. The van der Waals surface area contributed by atoms with Crippen molar-refractivity contribution in [3.8, 4) is 0 Å². The molecule has 0 atom stereocenters. The molecule has 0 spiro atoms. The first-order valence-electron chi connectivity index (χ1n) is 5.82. The van der Waals surface area contributed by atoms with E-state index in [0.29, 0.717) is 0 Å². The third-order valence-electron chi connectivity index (χ3n) is 2.46. The zero-order valence-electron chi connectivity index (χ0n) is 10.4. The van der Waals surface area contributed by atoms with Crippen molar-refractivity contribution in [2.45, 2.75) is 25.8 Å². The number of hydrogen-bond donors (Lipinski definition) is 4. The zero-order valence-corrected chi connectivity index (χ0v) is 10.4. The minimum absolute atomic E-state index is 0.143. The molecular weight excluding hydrogens is 218 g/mol. The van der Waals surface area contributed by atoms with E-state index in [2.05, 4.69) is 22.5 Å². The van der Waals surface area contributed by atoms with E-state index in [1.54, 1.807) is 19.3 Å². The van der Waals surface area contributed by atoms with E-state index in [-0.39, 0.29) is 13.2 Å². The van der Waals surface area contributed by atoms with Gasteiger partial charge in [-0.05, 0) is 19.4 Å². The number of rotatable bonds is 7. The molecule has 0 saturated heterocycles. The second-order valence-corrected chi connectivity index (χ2v) is 4.39. The van der Waals surface area contributed by atoms with E-state index >= 15 is 0 Å². The summed E-state index contributed by atoms with van der Waals surface area (Å²) in [6.07, 6.45) is 4.46. The molecule has 0 aliphatic carbocycles. The summed E-state index contributed by atoms with van der Waals surface area (Å²) in [4.78, 5) is 4.10. The van der Waals surface area contributed by atoms with Gasteiger partial charge in [-0.25, -0.2) is 0 Å². The Labute approximate surface area is 102 Å². The van der Waals surface area contributed by atoms with Crippen molar-refractivity contribution in [1.29, 1.82) is 0 Å². The van der Waals surface area contributed by atoms with Gasteiger partial charge in [-0.15, -0.1) is 0 Å². The number of nitrogens with one attached hydrogen (secondary N) is 2. The van der Waals surface area contributed by atoms with Crippen LogP contribution in [0.25, 0.3) is 0 Å².